The molecule has 0 saturated carbocycles. The Kier molecular flexibility index (Phi) is 3.83. The van der Waals surface area contributed by atoms with Gasteiger partial charge in [-0.15, -0.1) is 0 Å². The number of hydrogen-bond donors (Lipinski definition) is 1. The molecule has 1 fully saturated rings. The number of aromatic carboxylic acids is 1. The quantitative estimate of drug-likeness (QED) is 0.905. The van der Waals surface area contributed by atoms with E-state index in [1.807, 2.05) is 4.90 Å². The lowest BCUT2D eigenvalue weighted by Gasteiger charge is -2.27. The van der Waals surface area contributed by atoms with Gasteiger partial charge in [0.2, 0.25) is 0 Å². The molecule has 1 aliphatic heterocycles. The number of amides is 1. The van der Waals surface area contributed by atoms with Gasteiger partial charge in [-0.1, -0.05) is 13.8 Å². The molecule has 1 aliphatic rings. The molecule has 1 N–H and O–H groups in total. The smallest absolute Gasteiger partial charge is 0.337 e. The molecule has 1 unspecified atom stereocenters. The Morgan fingerprint density at radius 2 is 2.16 bits per heavy atom. The second kappa shape index (κ2) is 5.38. The number of carbonyl (C=O) groups excluding carboxylic acids is 1. The summed E-state index contributed by atoms with van der Waals surface area (Å²) in [5.74, 6) is -0.717. The van der Waals surface area contributed by atoms with Gasteiger partial charge in [-0.2, -0.15) is 0 Å². The van der Waals surface area contributed by atoms with Gasteiger partial charge in [-0.05, 0) is 30.9 Å². The molecule has 102 valence electrons. The Bertz CT molecular complexity index is 482. The molecule has 0 aromatic carbocycles. The van der Waals surface area contributed by atoms with Gasteiger partial charge in [0.15, 0.2) is 0 Å². The highest BCUT2D eigenvalue weighted by atomic mass is 16.4. The van der Waals surface area contributed by atoms with E-state index in [0.29, 0.717) is 11.6 Å². The zero-order valence-corrected chi connectivity index (χ0v) is 11.2. The lowest BCUT2D eigenvalue weighted by molar-refractivity contribution is 0.0681. The molecule has 5 nitrogen and oxygen atoms in total. The van der Waals surface area contributed by atoms with Crippen molar-refractivity contribution in [1.82, 2.24) is 9.88 Å². The molecular formula is C14H18N2O3. The van der Waals surface area contributed by atoms with Crippen LogP contribution in [0.25, 0.3) is 0 Å². The van der Waals surface area contributed by atoms with Crippen LogP contribution in [0.4, 0.5) is 0 Å². The van der Waals surface area contributed by atoms with Gasteiger partial charge in [0.25, 0.3) is 5.91 Å². The van der Waals surface area contributed by atoms with E-state index in [9.17, 15) is 9.59 Å². The summed E-state index contributed by atoms with van der Waals surface area (Å²) in [5, 5.41) is 8.81. The molecule has 2 rings (SSSR count). The van der Waals surface area contributed by atoms with E-state index in [1.165, 1.54) is 18.3 Å². The number of carboxylic acid groups (broad SMARTS) is 1. The van der Waals surface area contributed by atoms with E-state index in [0.717, 1.165) is 19.4 Å². The number of carbonyl (C=O) groups is 2. The SMILES string of the molecule is CC(C)C1CCCN1C(=O)c1ccc(C(=O)O)cn1. The monoisotopic (exact) mass is 262 g/mol. The maximum absolute atomic E-state index is 12.4. The Hall–Kier alpha value is -1.91. The molecule has 1 saturated heterocycles. The Balaban J connectivity index is 2.17. The number of hydrogen-bond acceptors (Lipinski definition) is 3. The Morgan fingerprint density at radius 3 is 2.68 bits per heavy atom. The largest absolute Gasteiger partial charge is 0.478 e. The average molecular weight is 262 g/mol. The van der Waals surface area contributed by atoms with E-state index in [2.05, 4.69) is 18.8 Å². The lowest BCUT2D eigenvalue weighted by Crippen LogP contribution is -2.38. The summed E-state index contributed by atoms with van der Waals surface area (Å²) < 4.78 is 0. The molecular weight excluding hydrogens is 244 g/mol. The maximum atomic E-state index is 12.4. The predicted molar refractivity (Wildman–Crippen MR) is 70.1 cm³/mol. The van der Waals surface area contributed by atoms with Crippen LogP contribution in [0.2, 0.25) is 0 Å². The van der Waals surface area contributed by atoms with Crippen LogP contribution in [0.5, 0.6) is 0 Å². The third-order valence-electron chi connectivity index (χ3n) is 3.56. The minimum Gasteiger partial charge on any atom is -0.478 e. The summed E-state index contributed by atoms with van der Waals surface area (Å²) in [6.45, 7) is 4.97. The van der Waals surface area contributed by atoms with Gasteiger partial charge in [-0.3, -0.25) is 9.78 Å². The Morgan fingerprint density at radius 1 is 1.42 bits per heavy atom. The van der Waals surface area contributed by atoms with Crippen LogP contribution in [-0.2, 0) is 0 Å². The van der Waals surface area contributed by atoms with Crippen molar-refractivity contribution in [2.45, 2.75) is 32.7 Å². The van der Waals surface area contributed by atoms with Crippen molar-refractivity contribution in [3.8, 4) is 0 Å². The van der Waals surface area contributed by atoms with Crippen molar-refractivity contribution in [2.75, 3.05) is 6.54 Å². The molecule has 0 spiro atoms. The van der Waals surface area contributed by atoms with Crippen LogP contribution < -0.4 is 0 Å². The third-order valence-corrected chi connectivity index (χ3v) is 3.56. The van der Waals surface area contributed by atoms with E-state index in [-0.39, 0.29) is 17.5 Å². The summed E-state index contributed by atoms with van der Waals surface area (Å²) in [6.07, 6.45) is 3.27. The third kappa shape index (κ3) is 2.75. The predicted octanol–water partition coefficient (Wildman–Crippen LogP) is 2.04. The van der Waals surface area contributed by atoms with Gasteiger partial charge < -0.3 is 10.0 Å². The van der Waals surface area contributed by atoms with Crippen LogP contribution in [0.1, 0.15) is 47.5 Å². The van der Waals surface area contributed by atoms with Crippen molar-refractivity contribution in [3.63, 3.8) is 0 Å². The summed E-state index contributed by atoms with van der Waals surface area (Å²) in [4.78, 5) is 28.9. The first-order chi connectivity index (χ1) is 9.00. The molecule has 0 aliphatic carbocycles. The van der Waals surface area contributed by atoms with Crippen LogP contribution >= 0.6 is 0 Å². The first kappa shape index (κ1) is 13.5. The highest BCUT2D eigenvalue weighted by Crippen LogP contribution is 2.25. The van der Waals surface area contributed by atoms with E-state index in [4.69, 9.17) is 5.11 Å². The minimum atomic E-state index is -1.03. The highest BCUT2D eigenvalue weighted by molar-refractivity contribution is 5.94. The summed E-state index contributed by atoms with van der Waals surface area (Å²) in [5.41, 5.74) is 0.413. The molecule has 1 atom stereocenters. The summed E-state index contributed by atoms with van der Waals surface area (Å²) in [6, 6.07) is 3.17. The van der Waals surface area contributed by atoms with Crippen molar-refractivity contribution < 1.29 is 14.7 Å². The zero-order chi connectivity index (χ0) is 14.0. The zero-order valence-electron chi connectivity index (χ0n) is 11.2. The number of aromatic nitrogens is 1. The number of pyridine rings is 1. The highest BCUT2D eigenvalue weighted by Gasteiger charge is 2.31. The van der Waals surface area contributed by atoms with Gasteiger partial charge in [0, 0.05) is 18.8 Å². The van der Waals surface area contributed by atoms with Crippen molar-refractivity contribution in [3.05, 3.63) is 29.6 Å². The van der Waals surface area contributed by atoms with Crippen LogP contribution in [-0.4, -0.2) is 39.5 Å². The number of rotatable bonds is 3. The molecule has 1 amide bonds. The van der Waals surface area contributed by atoms with Crippen molar-refractivity contribution in [1.29, 1.82) is 0 Å². The molecule has 1 aromatic heterocycles. The summed E-state index contributed by atoms with van der Waals surface area (Å²) in [7, 11) is 0. The fraction of sp³-hybridized carbons (Fsp3) is 0.500. The molecule has 2 heterocycles. The number of carboxylic acids is 1. The maximum Gasteiger partial charge on any atom is 0.337 e. The topological polar surface area (TPSA) is 70.5 Å². The molecule has 1 aromatic rings. The van der Waals surface area contributed by atoms with E-state index in [1.54, 1.807) is 0 Å². The van der Waals surface area contributed by atoms with Gasteiger partial charge >= 0.3 is 5.97 Å². The first-order valence-electron chi connectivity index (χ1n) is 6.51. The van der Waals surface area contributed by atoms with Crippen LogP contribution in [0.3, 0.4) is 0 Å². The fourth-order valence-corrected chi connectivity index (χ4v) is 2.53. The lowest BCUT2D eigenvalue weighted by atomic mass is 10.0. The van der Waals surface area contributed by atoms with Crippen LogP contribution in [0.15, 0.2) is 18.3 Å². The normalized spacial score (nSPS) is 18.9. The van der Waals surface area contributed by atoms with Crippen molar-refractivity contribution >= 4 is 11.9 Å². The number of likely N-dealkylation sites (tertiary alicyclic amines) is 1. The van der Waals surface area contributed by atoms with Gasteiger partial charge in [0.1, 0.15) is 5.69 Å². The van der Waals surface area contributed by atoms with Crippen LogP contribution in [0, 0.1) is 5.92 Å². The number of nitrogens with zero attached hydrogens (tertiary/aromatic N) is 2. The van der Waals surface area contributed by atoms with E-state index < -0.39 is 5.97 Å². The van der Waals surface area contributed by atoms with Gasteiger partial charge in [-0.25, -0.2) is 4.79 Å². The molecule has 19 heavy (non-hydrogen) atoms. The average Bonchev–Trinajstić information content (AvgIpc) is 2.87. The molecule has 0 radical (unpaired) electrons. The van der Waals surface area contributed by atoms with Crippen molar-refractivity contribution in [2.24, 2.45) is 5.92 Å². The van der Waals surface area contributed by atoms with E-state index >= 15 is 0 Å². The molecule has 5 heteroatoms. The standard InChI is InChI=1S/C14H18N2O3/c1-9(2)12-4-3-7-16(12)13(17)11-6-5-10(8-15-11)14(18)19/h5-6,8-9,12H,3-4,7H2,1-2H3,(H,18,19). The minimum absolute atomic E-state index is 0.0957. The first-order valence-corrected chi connectivity index (χ1v) is 6.51. The Labute approximate surface area is 112 Å². The second-order valence-electron chi connectivity index (χ2n) is 5.19. The molecule has 0 bridgehead atoms. The summed E-state index contributed by atoms with van der Waals surface area (Å²) >= 11 is 0. The van der Waals surface area contributed by atoms with Gasteiger partial charge in [0.05, 0.1) is 5.56 Å². The second-order valence-corrected chi connectivity index (χ2v) is 5.19. The fourth-order valence-electron chi connectivity index (χ4n) is 2.53.